The van der Waals surface area contributed by atoms with Gasteiger partial charge in [0, 0.05) is 24.1 Å². The molecule has 0 radical (unpaired) electrons. The SMILES string of the molecule is Cc1ccc(-c2ccc(-c3cn4c(n3)SCC4)cc2)cc1C.Cc1ccc(S(=O)(=O)O)cc1. The van der Waals surface area contributed by atoms with E-state index in [0.717, 1.165) is 28.7 Å². The first-order chi connectivity index (χ1) is 15.7. The number of hydrogen-bond acceptors (Lipinski definition) is 4. The highest BCUT2D eigenvalue weighted by atomic mass is 32.2. The van der Waals surface area contributed by atoms with Crippen LogP contribution in [0.15, 0.2) is 83.0 Å². The lowest BCUT2D eigenvalue weighted by atomic mass is 9.99. The quantitative estimate of drug-likeness (QED) is 0.356. The van der Waals surface area contributed by atoms with Gasteiger partial charge in [0.1, 0.15) is 0 Å². The van der Waals surface area contributed by atoms with Crippen molar-refractivity contribution < 1.29 is 13.0 Å². The van der Waals surface area contributed by atoms with Crippen molar-refractivity contribution in [2.45, 2.75) is 37.4 Å². The number of aromatic nitrogens is 2. The number of hydrogen-bond donors (Lipinski definition) is 1. The Balaban J connectivity index is 0.000000200. The van der Waals surface area contributed by atoms with Gasteiger partial charge >= 0.3 is 0 Å². The minimum atomic E-state index is -4.02. The molecule has 3 aromatic carbocycles. The maximum atomic E-state index is 10.5. The molecular weight excluding hydrogens is 452 g/mol. The van der Waals surface area contributed by atoms with Gasteiger partial charge in [-0.3, -0.25) is 4.55 Å². The average molecular weight is 479 g/mol. The van der Waals surface area contributed by atoms with Gasteiger partial charge < -0.3 is 4.57 Å². The number of nitrogens with zero attached hydrogens (tertiary/aromatic N) is 2. The molecule has 0 fully saturated rings. The molecule has 1 aliphatic rings. The smallest absolute Gasteiger partial charge is 0.294 e. The van der Waals surface area contributed by atoms with E-state index >= 15 is 0 Å². The van der Waals surface area contributed by atoms with Crippen molar-refractivity contribution in [2.75, 3.05) is 5.75 Å². The van der Waals surface area contributed by atoms with Gasteiger partial charge in [0.05, 0.1) is 10.6 Å². The molecule has 5 nitrogen and oxygen atoms in total. The second-order valence-corrected chi connectivity index (χ2v) is 10.6. The van der Waals surface area contributed by atoms with Gasteiger partial charge in [0.2, 0.25) is 0 Å². The fraction of sp³-hybridized carbons (Fsp3) is 0.192. The summed E-state index contributed by atoms with van der Waals surface area (Å²) < 4.78 is 31.8. The van der Waals surface area contributed by atoms with E-state index in [1.165, 1.54) is 39.9 Å². The third-order valence-corrected chi connectivity index (χ3v) is 7.48. The third kappa shape index (κ3) is 5.55. The largest absolute Gasteiger partial charge is 0.325 e. The van der Waals surface area contributed by atoms with Crippen LogP contribution in [0.5, 0.6) is 0 Å². The standard InChI is InChI=1S/C19H18N2S.C7H8O3S/c1-13-3-4-17(11-14(13)2)15-5-7-16(8-6-15)18-12-21-9-10-22-19(21)20-18;1-6-2-4-7(5-3-6)11(8,9)10/h3-8,11-12H,9-10H2,1-2H3;2-5H,1H3,(H,8,9,10). The van der Waals surface area contributed by atoms with Gasteiger partial charge in [-0.25, -0.2) is 4.98 Å². The first kappa shape index (κ1) is 23.3. The summed E-state index contributed by atoms with van der Waals surface area (Å²) in [4.78, 5) is 4.65. The molecule has 33 heavy (non-hydrogen) atoms. The highest BCUT2D eigenvalue weighted by Crippen LogP contribution is 2.30. The van der Waals surface area contributed by atoms with Crippen molar-refractivity contribution >= 4 is 21.9 Å². The molecule has 0 saturated heterocycles. The zero-order valence-electron chi connectivity index (χ0n) is 18.8. The second-order valence-electron chi connectivity index (χ2n) is 8.12. The lowest BCUT2D eigenvalue weighted by molar-refractivity contribution is 0.483. The molecule has 4 aromatic rings. The Hall–Kier alpha value is -2.87. The molecule has 0 unspecified atom stereocenters. The molecule has 0 saturated carbocycles. The van der Waals surface area contributed by atoms with Gasteiger partial charge in [0.25, 0.3) is 10.1 Å². The van der Waals surface area contributed by atoms with E-state index in [0.29, 0.717) is 0 Å². The average Bonchev–Trinajstić information content (AvgIpc) is 3.39. The summed E-state index contributed by atoms with van der Waals surface area (Å²) in [5.41, 5.74) is 8.43. The van der Waals surface area contributed by atoms with Crippen molar-refractivity contribution in [1.29, 1.82) is 0 Å². The van der Waals surface area contributed by atoms with Gasteiger partial charge in [-0.05, 0) is 55.2 Å². The molecular formula is C26H26N2O3S2. The molecule has 0 atom stereocenters. The van der Waals surface area contributed by atoms with Crippen LogP contribution in [0.1, 0.15) is 16.7 Å². The van der Waals surface area contributed by atoms with E-state index in [1.807, 2.05) is 18.7 Å². The minimum absolute atomic E-state index is 0.0666. The highest BCUT2D eigenvalue weighted by Gasteiger charge is 2.15. The maximum Gasteiger partial charge on any atom is 0.294 e. The molecule has 170 valence electrons. The van der Waals surface area contributed by atoms with Crippen LogP contribution in [0, 0.1) is 20.8 Å². The summed E-state index contributed by atoms with van der Waals surface area (Å²) in [6, 6.07) is 21.4. The van der Waals surface area contributed by atoms with Crippen molar-refractivity contribution in [3.63, 3.8) is 0 Å². The topological polar surface area (TPSA) is 72.2 Å². The van der Waals surface area contributed by atoms with E-state index < -0.39 is 10.1 Å². The summed E-state index contributed by atoms with van der Waals surface area (Å²) >= 11 is 1.84. The summed E-state index contributed by atoms with van der Waals surface area (Å²) in [6.45, 7) is 7.23. The fourth-order valence-electron chi connectivity index (χ4n) is 3.51. The van der Waals surface area contributed by atoms with Crippen LogP contribution < -0.4 is 0 Å². The zero-order valence-corrected chi connectivity index (χ0v) is 20.5. The molecule has 1 aliphatic heterocycles. The summed E-state index contributed by atoms with van der Waals surface area (Å²) in [6.07, 6.45) is 2.17. The van der Waals surface area contributed by atoms with Crippen LogP contribution in [0.4, 0.5) is 0 Å². The van der Waals surface area contributed by atoms with Gasteiger partial charge in [-0.1, -0.05) is 71.9 Å². The highest BCUT2D eigenvalue weighted by molar-refractivity contribution is 7.99. The normalized spacial score (nSPS) is 12.7. The van der Waals surface area contributed by atoms with E-state index in [9.17, 15) is 8.42 Å². The van der Waals surface area contributed by atoms with E-state index in [1.54, 1.807) is 12.1 Å². The van der Waals surface area contributed by atoms with Crippen molar-refractivity contribution in [2.24, 2.45) is 0 Å². The molecule has 2 heterocycles. The Labute approximate surface area is 199 Å². The van der Waals surface area contributed by atoms with Crippen LogP contribution in [-0.4, -0.2) is 28.3 Å². The molecule has 1 N–H and O–H groups in total. The number of fused-ring (bicyclic) bond motifs is 1. The number of imidazole rings is 1. The number of benzene rings is 3. The number of thioether (sulfide) groups is 1. The monoisotopic (exact) mass is 478 g/mol. The van der Waals surface area contributed by atoms with Gasteiger partial charge in [-0.2, -0.15) is 8.42 Å². The van der Waals surface area contributed by atoms with Crippen molar-refractivity contribution in [3.8, 4) is 22.4 Å². The number of rotatable bonds is 3. The molecule has 1 aromatic heterocycles. The Morgan fingerprint density at radius 1 is 0.848 bits per heavy atom. The third-order valence-electron chi connectivity index (χ3n) is 5.64. The first-order valence-corrected chi connectivity index (χ1v) is 13.1. The summed E-state index contributed by atoms with van der Waals surface area (Å²) in [7, 11) is -4.02. The maximum absolute atomic E-state index is 10.5. The van der Waals surface area contributed by atoms with Crippen LogP contribution in [0.2, 0.25) is 0 Å². The lowest BCUT2D eigenvalue weighted by Crippen LogP contribution is -1.96. The van der Waals surface area contributed by atoms with Crippen LogP contribution in [0.3, 0.4) is 0 Å². The summed E-state index contributed by atoms with van der Waals surface area (Å²) in [5.74, 6) is 1.15. The van der Waals surface area contributed by atoms with Crippen LogP contribution >= 0.6 is 11.8 Å². The predicted octanol–water partition coefficient (Wildman–Crippen LogP) is 6.18. The van der Waals surface area contributed by atoms with Gasteiger partial charge in [-0.15, -0.1) is 0 Å². The Bertz CT molecular complexity index is 1350. The molecule has 0 spiro atoms. The Morgan fingerprint density at radius 2 is 1.48 bits per heavy atom. The Kier molecular flexibility index (Phi) is 6.74. The molecule has 0 amide bonds. The molecule has 7 heteroatoms. The lowest BCUT2D eigenvalue weighted by Gasteiger charge is -2.06. The van der Waals surface area contributed by atoms with Crippen molar-refractivity contribution in [1.82, 2.24) is 9.55 Å². The minimum Gasteiger partial charge on any atom is -0.325 e. The fourth-order valence-corrected chi connectivity index (χ4v) is 4.94. The van der Waals surface area contributed by atoms with E-state index in [4.69, 9.17) is 9.54 Å². The first-order valence-electron chi connectivity index (χ1n) is 10.6. The predicted molar refractivity (Wildman–Crippen MR) is 134 cm³/mol. The zero-order chi connectivity index (χ0) is 23.6. The molecule has 0 bridgehead atoms. The van der Waals surface area contributed by atoms with Crippen LogP contribution in [0.25, 0.3) is 22.4 Å². The summed E-state index contributed by atoms with van der Waals surface area (Å²) in [5, 5.41) is 1.15. The molecule has 5 rings (SSSR count). The van der Waals surface area contributed by atoms with E-state index in [2.05, 4.69) is 67.1 Å². The van der Waals surface area contributed by atoms with Crippen LogP contribution in [-0.2, 0) is 16.7 Å². The van der Waals surface area contributed by atoms with Crippen molar-refractivity contribution in [3.05, 3.63) is 89.6 Å². The Morgan fingerprint density at radius 3 is 2.09 bits per heavy atom. The van der Waals surface area contributed by atoms with Gasteiger partial charge in [0.15, 0.2) is 5.16 Å². The second kappa shape index (κ2) is 9.55. The van der Waals surface area contributed by atoms with E-state index in [-0.39, 0.29) is 4.90 Å². The molecule has 0 aliphatic carbocycles. The number of aryl methyl sites for hydroxylation is 4.